The molecule has 8 atom stereocenters. The van der Waals surface area contributed by atoms with Gasteiger partial charge in [0.1, 0.15) is 0 Å². The summed E-state index contributed by atoms with van der Waals surface area (Å²) in [5.41, 5.74) is -5.17. The minimum absolute atomic E-state index is 0.0209. The standard InChI is InChI=1S/C30H41FO7/c1-25(2,3)15-24(35)36-16-22(34)30-23(37-26(4,5)38-30)13-20-19-9-8-17-12-18(32)10-11-27(17,6)29(19,31)21(33)14-28(20,30)7/h10-12,19-21,23,33H,8-9,13-16H2,1-7H3/t19-,20-,21-,23+,27-,28-,29-,30?/m0/s1. The van der Waals surface area contributed by atoms with Gasteiger partial charge >= 0.3 is 5.97 Å². The number of hydrogen-bond donors (Lipinski definition) is 1. The molecule has 210 valence electrons. The fourth-order valence-corrected chi connectivity index (χ4v) is 8.55. The van der Waals surface area contributed by atoms with Crippen molar-refractivity contribution in [1.82, 2.24) is 0 Å². The summed E-state index contributed by atoms with van der Waals surface area (Å²) in [7, 11) is 0. The normalized spacial score (nSPS) is 45.0. The van der Waals surface area contributed by atoms with E-state index < -0.39 is 64.4 Å². The molecule has 0 bridgehead atoms. The molecule has 38 heavy (non-hydrogen) atoms. The largest absolute Gasteiger partial charge is 0.458 e. The lowest BCUT2D eigenvalue weighted by molar-refractivity contribution is -0.246. The average molecular weight is 533 g/mol. The number of aliphatic hydroxyl groups is 1. The maximum Gasteiger partial charge on any atom is 0.306 e. The summed E-state index contributed by atoms with van der Waals surface area (Å²) in [6, 6.07) is 0. The fourth-order valence-electron chi connectivity index (χ4n) is 8.55. The van der Waals surface area contributed by atoms with Crippen molar-refractivity contribution < 1.29 is 38.1 Å². The van der Waals surface area contributed by atoms with Crippen LogP contribution in [0.1, 0.15) is 80.6 Å². The van der Waals surface area contributed by atoms with Gasteiger partial charge in [0.05, 0.1) is 18.6 Å². The molecule has 0 amide bonds. The highest BCUT2D eigenvalue weighted by Crippen LogP contribution is 2.72. The van der Waals surface area contributed by atoms with Crippen molar-refractivity contribution >= 4 is 17.5 Å². The number of rotatable bonds is 4. The molecule has 5 aliphatic rings. The molecular weight excluding hydrogens is 491 g/mol. The molecule has 1 saturated heterocycles. The first-order chi connectivity index (χ1) is 17.4. The van der Waals surface area contributed by atoms with Gasteiger partial charge in [-0.2, -0.15) is 0 Å². The molecule has 1 unspecified atom stereocenters. The molecule has 1 heterocycles. The topological polar surface area (TPSA) is 99.1 Å². The molecule has 0 aromatic heterocycles. The molecular formula is C30H41FO7. The summed E-state index contributed by atoms with van der Waals surface area (Å²) in [5.74, 6) is -3.02. The second-order valence-electron chi connectivity index (χ2n) is 14.2. The second kappa shape index (κ2) is 8.31. The van der Waals surface area contributed by atoms with Gasteiger partial charge in [-0.3, -0.25) is 14.4 Å². The molecule has 0 aromatic carbocycles. The number of allylic oxidation sites excluding steroid dienone is 4. The molecule has 3 saturated carbocycles. The molecule has 0 radical (unpaired) electrons. The van der Waals surface area contributed by atoms with Gasteiger partial charge in [-0.15, -0.1) is 0 Å². The molecule has 4 fully saturated rings. The van der Waals surface area contributed by atoms with Crippen LogP contribution < -0.4 is 0 Å². The quantitative estimate of drug-likeness (QED) is 0.536. The zero-order valence-corrected chi connectivity index (χ0v) is 23.6. The summed E-state index contributed by atoms with van der Waals surface area (Å²) in [6.45, 7) is 12.4. The summed E-state index contributed by atoms with van der Waals surface area (Å²) in [5, 5.41) is 11.6. The van der Waals surface area contributed by atoms with Crippen molar-refractivity contribution in [2.75, 3.05) is 6.61 Å². The molecule has 8 heteroatoms. The zero-order chi connectivity index (χ0) is 28.1. The Hall–Kier alpha value is -1.90. The van der Waals surface area contributed by atoms with E-state index >= 15 is 4.39 Å². The van der Waals surface area contributed by atoms with Crippen LogP contribution in [0, 0.1) is 28.1 Å². The van der Waals surface area contributed by atoms with Gasteiger partial charge in [0.15, 0.2) is 29.4 Å². The van der Waals surface area contributed by atoms with Crippen molar-refractivity contribution in [2.24, 2.45) is 28.1 Å². The molecule has 4 aliphatic carbocycles. The number of fused-ring (bicyclic) bond motifs is 7. The molecule has 0 aromatic rings. The van der Waals surface area contributed by atoms with Gasteiger partial charge in [0, 0.05) is 16.7 Å². The maximum atomic E-state index is 17.4. The Labute approximate surface area is 224 Å². The zero-order valence-electron chi connectivity index (χ0n) is 23.6. The number of halogens is 1. The molecule has 0 spiro atoms. The van der Waals surface area contributed by atoms with Crippen LogP contribution in [-0.4, -0.2) is 58.5 Å². The summed E-state index contributed by atoms with van der Waals surface area (Å²) in [6.07, 6.45) is 3.96. The number of Topliss-reactive ketones (excluding diaryl/α,β-unsaturated/α-hetero) is 1. The molecule has 5 rings (SSSR count). The number of ketones is 2. The van der Waals surface area contributed by atoms with Crippen LogP contribution in [0.15, 0.2) is 23.8 Å². The predicted molar refractivity (Wildman–Crippen MR) is 137 cm³/mol. The van der Waals surface area contributed by atoms with E-state index in [2.05, 4.69) is 0 Å². The SMILES string of the molecule is CC(C)(C)CC(=O)OCC(=O)C12OC(C)(C)O[C@@H]1C[C@H]1[C@@H]3CCC4=CC(=O)C=C[C@]4(C)[C@@]3(F)[C@@H](O)C[C@@]12C. The van der Waals surface area contributed by atoms with Gasteiger partial charge in [-0.1, -0.05) is 39.3 Å². The highest BCUT2D eigenvalue weighted by atomic mass is 19.1. The lowest BCUT2D eigenvalue weighted by Crippen LogP contribution is -2.70. The fraction of sp³-hybridized carbons (Fsp3) is 0.767. The van der Waals surface area contributed by atoms with Crippen LogP contribution in [0.2, 0.25) is 0 Å². The Kier molecular flexibility index (Phi) is 6.05. The number of aliphatic hydroxyl groups excluding tert-OH is 1. The number of ether oxygens (including phenoxy) is 3. The molecule has 7 nitrogen and oxygen atoms in total. The minimum atomic E-state index is -2.02. The van der Waals surface area contributed by atoms with E-state index in [4.69, 9.17) is 14.2 Å². The Balaban J connectivity index is 1.51. The maximum absolute atomic E-state index is 17.4. The van der Waals surface area contributed by atoms with Gasteiger partial charge in [0.2, 0.25) is 5.78 Å². The van der Waals surface area contributed by atoms with E-state index in [0.29, 0.717) is 24.8 Å². The van der Waals surface area contributed by atoms with E-state index in [1.807, 2.05) is 27.7 Å². The predicted octanol–water partition coefficient (Wildman–Crippen LogP) is 4.41. The molecule has 1 aliphatic heterocycles. The number of esters is 1. The Morgan fingerprint density at radius 2 is 1.87 bits per heavy atom. The van der Waals surface area contributed by atoms with E-state index in [-0.39, 0.29) is 30.0 Å². The van der Waals surface area contributed by atoms with Crippen molar-refractivity contribution in [3.05, 3.63) is 23.8 Å². The first-order valence-corrected chi connectivity index (χ1v) is 13.8. The van der Waals surface area contributed by atoms with E-state index in [0.717, 1.165) is 0 Å². The highest BCUT2D eigenvalue weighted by Gasteiger charge is 2.80. The molecule has 1 N–H and O–H groups in total. The third-order valence-electron chi connectivity index (χ3n) is 10.1. The lowest BCUT2D eigenvalue weighted by atomic mass is 9.44. The van der Waals surface area contributed by atoms with Gasteiger partial charge in [0.25, 0.3) is 0 Å². The first-order valence-electron chi connectivity index (χ1n) is 13.8. The van der Waals surface area contributed by atoms with E-state index in [9.17, 15) is 19.5 Å². The van der Waals surface area contributed by atoms with Crippen LogP contribution >= 0.6 is 0 Å². The lowest BCUT2D eigenvalue weighted by Gasteiger charge is -2.62. The Morgan fingerprint density at radius 1 is 1.18 bits per heavy atom. The minimum Gasteiger partial charge on any atom is -0.458 e. The monoisotopic (exact) mass is 532 g/mol. The summed E-state index contributed by atoms with van der Waals surface area (Å²) < 4.78 is 35.6. The van der Waals surface area contributed by atoms with Gasteiger partial charge < -0.3 is 19.3 Å². The van der Waals surface area contributed by atoms with Crippen LogP contribution in [0.5, 0.6) is 0 Å². The first kappa shape index (κ1) is 27.7. The summed E-state index contributed by atoms with van der Waals surface area (Å²) in [4.78, 5) is 38.6. The van der Waals surface area contributed by atoms with Crippen LogP contribution in [0.4, 0.5) is 4.39 Å². The van der Waals surface area contributed by atoms with Gasteiger partial charge in [-0.25, -0.2) is 4.39 Å². The number of carbonyl (C=O) groups is 3. The van der Waals surface area contributed by atoms with Crippen molar-refractivity contribution in [3.8, 4) is 0 Å². The number of alkyl halides is 1. The van der Waals surface area contributed by atoms with Gasteiger partial charge in [-0.05, 0) is 69.9 Å². The number of hydrogen-bond acceptors (Lipinski definition) is 7. The highest BCUT2D eigenvalue weighted by molar-refractivity contribution is 6.01. The van der Waals surface area contributed by atoms with Crippen molar-refractivity contribution in [1.29, 1.82) is 0 Å². The Morgan fingerprint density at radius 3 is 2.53 bits per heavy atom. The second-order valence-corrected chi connectivity index (χ2v) is 14.2. The smallest absolute Gasteiger partial charge is 0.306 e. The van der Waals surface area contributed by atoms with Crippen molar-refractivity contribution in [3.63, 3.8) is 0 Å². The Bertz CT molecular complexity index is 1130. The van der Waals surface area contributed by atoms with Crippen LogP contribution in [0.3, 0.4) is 0 Å². The summed E-state index contributed by atoms with van der Waals surface area (Å²) >= 11 is 0. The van der Waals surface area contributed by atoms with E-state index in [1.165, 1.54) is 12.2 Å². The van der Waals surface area contributed by atoms with Crippen LogP contribution in [-0.2, 0) is 28.6 Å². The third-order valence-corrected chi connectivity index (χ3v) is 10.1. The third kappa shape index (κ3) is 3.66. The van der Waals surface area contributed by atoms with Crippen molar-refractivity contribution in [2.45, 2.75) is 110 Å². The van der Waals surface area contributed by atoms with Crippen LogP contribution in [0.25, 0.3) is 0 Å². The van der Waals surface area contributed by atoms with E-state index in [1.54, 1.807) is 26.8 Å². The average Bonchev–Trinajstić information content (AvgIpc) is 3.18. The number of carbonyl (C=O) groups excluding carboxylic acids is 3.